The van der Waals surface area contributed by atoms with E-state index in [-0.39, 0.29) is 6.17 Å². The van der Waals surface area contributed by atoms with E-state index < -0.39 is 0 Å². The van der Waals surface area contributed by atoms with Gasteiger partial charge in [-0.2, -0.15) is 10.7 Å². The van der Waals surface area contributed by atoms with Gasteiger partial charge in [-0.15, -0.1) is 0 Å². The molecule has 2 aliphatic rings. The zero-order valence-corrected chi connectivity index (χ0v) is 12.1. The van der Waals surface area contributed by atoms with Gasteiger partial charge in [0.25, 0.3) is 0 Å². The van der Waals surface area contributed by atoms with Crippen molar-refractivity contribution in [3.8, 4) is 6.07 Å². The first-order valence-electron chi connectivity index (χ1n) is 5.85. The fourth-order valence-electron chi connectivity index (χ4n) is 1.98. The molecule has 0 saturated heterocycles. The average molecular weight is 304 g/mol. The van der Waals surface area contributed by atoms with Gasteiger partial charge in [0.1, 0.15) is 17.8 Å². The lowest BCUT2D eigenvalue weighted by atomic mass is 10.2. The van der Waals surface area contributed by atoms with E-state index in [1.165, 1.54) is 11.8 Å². The molecule has 0 spiro atoms. The Bertz CT molecular complexity index is 671. The Balaban J connectivity index is 1.96. The molecule has 0 amide bonds. The number of aliphatic imine (C=N–C) groups is 2. The van der Waals surface area contributed by atoms with Crippen LogP contribution in [-0.2, 0) is 0 Å². The van der Waals surface area contributed by atoms with E-state index in [4.69, 9.17) is 16.9 Å². The smallest absolute Gasteiger partial charge is 0.184 e. The van der Waals surface area contributed by atoms with Gasteiger partial charge in [-0.1, -0.05) is 35.5 Å². The Labute approximate surface area is 125 Å². The van der Waals surface area contributed by atoms with E-state index in [9.17, 15) is 0 Å². The maximum atomic E-state index is 9.14. The molecule has 5 nitrogen and oxygen atoms in total. The minimum Gasteiger partial charge on any atom is -0.240 e. The first-order valence-corrected chi connectivity index (χ1v) is 7.45. The Morgan fingerprint density at radius 1 is 1.40 bits per heavy atom. The summed E-state index contributed by atoms with van der Waals surface area (Å²) in [5, 5.41) is 12.3. The topological polar surface area (TPSA) is 63.8 Å². The number of rotatable bonds is 1. The van der Waals surface area contributed by atoms with Gasteiger partial charge in [-0.05, 0) is 24.0 Å². The van der Waals surface area contributed by atoms with Gasteiger partial charge < -0.3 is 0 Å². The predicted molar refractivity (Wildman–Crippen MR) is 81.2 cm³/mol. The molecule has 1 N–H and O–H groups in total. The molecule has 0 aromatic heterocycles. The van der Waals surface area contributed by atoms with E-state index in [2.05, 4.69) is 21.5 Å². The minimum absolute atomic E-state index is 0.241. The van der Waals surface area contributed by atoms with Gasteiger partial charge in [0.05, 0.1) is 6.20 Å². The van der Waals surface area contributed by atoms with Crippen molar-refractivity contribution in [2.75, 3.05) is 6.26 Å². The molecule has 2 aliphatic heterocycles. The predicted octanol–water partition coefficient (Wildman–Crippen LogP) is 2.70. The molecule has 0 aliphatic carbocycles. The number of amidine groups is 2. The van der Waals surface area contributed by atoms with Gasteiger partial charge >= 0.3 is 0 Å². The van der Waals surface area contributed by atoms with Crippen LogP contribution in [0.1, 0.15) is 11.7 Å². The minimum atomic E-state index is -0.241. The van der Waals surface area contributed by atoms with Crippen LogP contribution in [0.3, 0.4) is 0 Å². The van der Waals surface area contributed by atoms with Crippen molar-refractivity contribution in [3.63, 3.8) is 0 Å². The number of fused-ring (bicyclic) bond motifs is 1. The van der Waals surface area contributed by atoms with Crippen molar-refractivity contribution in [2.24, 2.45) is 9.98 Å². The number of halogens is 1. The summed E-state index contributed by atoms with van der Waals surface area (Å²) < 4.78 is 0. The summed E-state index contributed by atoms with van der Waals surface area (Å²) in [7, 11) is 0. The highest BCUT2D eigenvalue weighted by Gasteiger charge is 2.33. The maximum Gasteiger partial charge on any atom is 0.184 e. The molecule has 0 bridgehead atoms. The first kappa shape index (κ1) is 13.2. The van der Waals surface area contributed by atoms with Crippen LogP contribution < -0.4 is 5.43 Å². The molecule has 0 unspecified atom stereocenters. The van der Waals surface area contributed by atoms with Crippen LogP contribution >= 0.6 is 23.4 Å². The van der Waals surface area contributed by atoms with Crippen LogP contribution in [-0.4, -0.2) is 22.3 Å². The van der Waals surface area contributed by atoms with Gasteiger partial charge in [-0.25, -0.2) is 15.0 Å². The molecular formula is C13H10ClN5S. The zero-order chi connectivity index (χ0) is 14.1. The highest BCUT2D eigenvalue weighted by atomic mass is 35.5. The number of hydrogen-bond acceptors (Lipinski definition) is 6. The van der Waals surface area contributed by atoms with Crippen LogP contribution in [0, 0.1) is 11.3 Å². The third kappa shape index (κ3) is 2.20. The lowest BCUT2D eigenvalue weighted by Crippen LogP contribution is -2.43. The summed E-state index contributed by atoms with van der Waals surface area (Å²) in [4.78, 5) is 8.81. The van der Waals surface area contributed by atoms with Crippen molar-refractivity contribution < 1.29 is 0 Å². The fourth-order valence-corrected chi connectivity index (χ4v) is 2.59. The van der Waals surface area contributed by atoms with Gasteiger partial charge in [0, 0.05) is 5.02 Å². The Kier molecular flexibility index (Phi) is 3.49. The van der Waals surface area contributed by atoms with Crippen molar-refractivity contribution in [3.05, 3.63) is 46.6 Å². The normalized spacial score (nSPS) is 20.8. The monoisotopic (exact) mass is 303 g/mol. The molecule has 0 saturated carbocycles. The summed E-state index contributed by atoms with van der Waals surface area (Å²) in [6.45, 7) is 0. The molecule has 0 fully saturated rings. The summed E-state index contributed by atoms with van der Waals surface area (Å²) in [5.41, 5.74) is 4.67. The molecule has 1 atom stereocenters. The SMILES string of the molecule is CSC1=NC=C(C#N)C2=N[C@@H](c3ccc(Cl)cc3)NN12. The van der Waals surface area contributed by atoms with E-state index in [0.717, 1.165) is 10.7 Å². The largest absolute Gasteiger partial charge is 0.240 e. The second-order valence-corrected chi connectivity index (χ2v) is 5.35. The van der Waals surface area contributed by atoms with Crippen molar-refractivity contribution in [1.29, 1.82) is 5.26 Å². The van der Waals surface area contributed by atoms with Crippen LogP contribution in [0.5, 0.6) is 0 Å². The third-order valence-corrected chi connectivity index (χ3v) is 3.84. The lowest BCUT2D eigenvalue weighted by Gasteiger charge is -2.23. The molecule has 1 aromatic carbocycles. The number of hydrogen-bond donors (Lipinski definition) is 1. The molecular weight excluding hydrogens is 294 g/mol. The summed E-state index contributed by atoms with van der Waals surface area (Å²) in [6, 6.07) is 9.57. The number of nitrogens with zero attached hydrogens (tertiary/aromatic N) is 4. The standard InChI is InChI=1S/C13H10ClN5S/c1-20-13-16-7-9(6-15)12-17-11(18-19(12)13)8-2-4-10(14)5-3-8/h2-5,7,11,18H,1H3/t11-/m1/s1. The number of hydrazine groups is 1. The third-order valence-electron chi connectivity index (χ3n) is 2.94. The molecule has 20 heavy (non-hydrogen) atoms. The van der Waals surface area contributed by atoms with Crippen LogP contribution in [0.2, 0.25) is 5.02 Å². The molecule has 100 valence electrons. The average Bonchev–Trinajstić information content (AvgIpc) is 2.92. The maximum absolute atomic E-state index is 9.14. The van der Waals surface area contributed by atoms with Gasteiger partial charge in [0.2, 0.25) is 0 Å². The van der Waals surface area contributed by atoms with E-state index in [0.29, 0.717) is 16.4 Å². The van der Waals surface area contributed by atoms with Crippen LogP contribution in [0.4, 0.5) is 0 Å². The second kappa shape index (κ2) is 5.29. The highest BCUT2D eigenvalue weighted by Crippen LogP contribution is 2.27. The summed E-state index contributed by atoms with van der Waals surface area (Å²) in [6.07, 6.45) is 3.24. The van der Waals surface area contributed by atoms with Gasteiger partial charge in [-0.3, -0.25) is 0 Å². The second-order valence-electron chi connectivity index (χ2n) is 4.14. The van der Waals surface area contributed by atoms with Crippen LogP contribution in [0.25, 0.3) is 0 Å². The van der Waals surface area contributed by atoms with Crippen molar-refractivity contribution in [2.45, 2.75) is 6.17 Å². The first-order chi connectivity index (χ1) is 9.72. The molecule has 2 heterocycles. The quantitative estimate of drug-likeness (QED) is 0.866. The number of nitrogens with one attached hydrogen (secondary N) is 1. The number of thioether (sulfide) groups is 1. The number of nitriles is 1. The highest BCUT2D eigenvalue weighted by molar-refractivity contribution is 8.13. The van der Waals surface area contributed by atoms with Crippen LogP contribution in [0.15, 0.2) is 46.0 Å². The molecule has 3 rings (SSSR count). The van der Waals surface area contributed by atoms with Gasteiger partial charge in [0.15, 0.2) is 11.0 Å². The lowest BCUT2D eigenvalue weighted by molar-refractivity contribution is 0.424. The van der Waals surface area contributed by atoms with E-state index >= 15 is 0 Å². The molecule has 0 radical (unpaired) electrons. The Morgan fingerprint density at radius 2 is 2.15 bits per heavy atom. The Hall–Kier alpha value is -1.81. The summed E-state index contributed by atoms with van der Waals surface area (Å²) in [5.74, 6) is 0.604. The fraction of sp³-hybridized carbons (Fsp3) is 0.154. The van der Waals surface area contributed by atoms with E-state index in [1.54, 1.807) is 11.2 Å². The van der Waals surface area contributed by atoms with Crippen molar-refractivity contribution >= 4 is 34.4 Å². The Morgan fingerprint density at radius 3 is 2.80 bits per heavy atom. The van der Waals surface area contributed by atoms with Crippen molar-refractivity contribution in [1.82, 2.24) is 10.4 Å². The molecule has 7 heteroatoms. The van der Waals surface area contributed by atoms with E-state index in [1.807, 2.05) is 30.5 Å². The summed E-state index contributed by atoms with van der Waals surface area (Å²) >= 11 is 7.38. The molecule has 1 aromatic rings. The number of benzene rings is 1. The zero-order valence-electron chi connectivity index (χ0n) is 10.5.